The van der Waals surface area contributed by atoms with Crippen molar-refractivity contribution < 1.29 is 23.1 Å². The van der Waals surface area contributed by atoms with E-state index in [1.165, 1.54) is 0 Å². The molecule has 0 saturated heterocycles. The second-order valence-corrected chi connectivity index (χ2v) is 11.7. The lowest BCUT2D eigenvalue weighted by Crippen LogP contribution is -2.31. The second kappa shape index (κ2) is 11.3. The molecule has 1 aromatic carbocycles. The van der Waals surface area contributed by atoms with Crippen molar-refractivity contribution in [3.05, 3.63) is 53.1 Å². The molecule has 190 valence electrons. The van der Waals surface area contributed by atoms with Crippen LogP contribution < -0.4 is 4.72 Å². The van der Waals surface area contributed by atoms with Crippen LogP contribution in [0, 0.1) is 0 Å². The topological polar surface area (TPSA) is 123 Å². The first-order valence-electron chi connectivity index (χ1n) is 11.6. The van der Waals surface area contributed by atoms with Gasteiger partial charge in [-0.15, -0.1) is 11.3 Å². The Kier molecular flexibility index (Phi) is 8.68. The fourth-order valence-corrected chi connectivity index (χ4v) is 6.02. The molecule has 0 aliphatic carbocycles. The highest BCUT2D eigenvalue weighted by molar-refractivity contribution is 7.92. The van der Waals surface area contributed by atoms with E-state index >= 15 is 0 Å². The van der Waals surface area contributed by atoms with Gasteiger partial charge < -0.3 is 14.4 Å². The zero-order valence-corrected chi connectivity index (χ0v) is 22.1. The summed E-state index contributed by atoms with van der Waals surface area (Å²) in [6, 6.07) is 7.37. The van der Waals surface area contributed by atoms with Crippen LogP contribution in [0.2, 0.25) is 0 Å². The van der Waals surface area contributed by atoms with E-state index in [-0.39, 0.29) is 10.8 Å². The van der Waals surface area contributed by atoms with Gasteiger partial charge in [-0.2, -0.15) is 0 Å². The summed E-state index contributed by atoms with van der Waals surface area (Å²) < 4.78 is 34.9. The predicted molar refractivity (Wildman–Crippen MR) is 135 cm³/mol. The second-order valence-electron chi connectivity index (χ2n) is 8.72. The van der Waals surface area contributed by atoms with Crippen LogP contribution in [0.4, 0.5) is 4.79 Å². The maximum absolute atomic E-state index is 13.0. The minimum atomic E-state index is -4.15. The van der Waals surface area contributed by atoms with Gasteiger partial charge >= 0.3 is 6.09 Å². The number of ether oxygens (including phenoxy) is 1. The maximum Gasteiger partial charge on any atom is 0.421 e. The number of carbonyl (C=O) groups is 1. The molecule has 0 aliphatic heterocycles. The Morgan fingerprint density at radius 3 is 2.54 bits per heavy atom. The minimum Gasteiger partial charge on any atom is -0.449 e. The van der Waals surface area contributed by atoms with Gasteiger partial charge in [-0.3, -0.25) is 0 Å². The summed E-state index contributed by atoms with van der Waals surface area (Å²) in [5, 5.41) is 11.0. The number of hydrogen-bond donors (Lipinski definition) is 2. The van der Waals surface area contributed by atoms with Crippen LogP contribution in [0.25, 0.3) is 11.3 Å². The van der Waals surface area contributed by atoms with E-state index in [0.29, 0.717) is 41.5 Å². The van der Waals surface area contributed by atoms with E-state index in [4.69, 9.17) is 4.74 Å². The van der Waals surface area contributed by atoms with Gasteiger partial charge in [0.05, 0.1) is 11.6 Å². The van der Waals surface area contributed by atoms with Gasteiger partial charge in [0.2, 0.25) is 0 Å². The normalized spacial score (nSPS) is 12.0. The fraction of sp³-hybridized carbons (Fsp3) is 0.458. The highest BCUT2D eigenvalue weighted by atomic mass is 32.2. The van der Waals surface area contributed by atoms with Crippen molar-refractivity contribution in [2.45, 2.75) is 69.7 Å². The first-order chi connectivity index (χ1) is 16.5. The van der Waals surface area contributed by atoms with Crippen molar-refractivity contribution in [1.29, 1.82) is 0 Å². The zero-order chi connectivity index (χ0) is 25.6. The van der Waals surface area contributed by atoms with E-state index < -0.39 is 21.7 Å². The number of carbonyl (C=O) groups excluding carboxylic acids is 1. The fourth-order valence-electron chi connectivity index (χ4n) is 3.46. The Labute approximate surface area is 210 Å². The smallest absolute Gasteiger partial charge is 0.421 e. The molecule has 11 heteroatoms. The van der Waals surface area contributed by atoms with Gasteiger partial charge in [0.15, 0.2) is 4.21 Å². The zero-order valence-electron chi connectivity index (χ0n) is 20.4. The third kappa shape index (κ3) is 6.89. The Hall–Kier alpha value is -2.76. The molecule has 3 rings (SSSR count). The minimum absolute atomic E-state index is 0.0138. The van der Waals surface area contributed by atoms with E-state index in [2.05, 4.69) is 9.97 Å². The number of rotatable bonds is 11. The quantitative estimate of drug-likeness (QED) is 0.358. The van der Waals surface area contributed by atoms with Crippen molar-refractivity contribution >= 4 is 27.5 Å². The summed E-state index contributed by atoms with van der Waals surface area (Å²) in [7, 11) is -4.15. The monoisotopic (exact) mass is 520 g/mol. The number of aryl methyl sites for hydroxylation is 1. The van der Waals surface area contributed by atoms with Crippen molar-refractivity contribution in [3.8, 4) is 11.3 Å². The van der Waals surface area contributed by atoms with Gasteiger partial charge in [0, 0.05) is 24.5 Å². The number of aliphatic hydroxyl groups is 1. The molecular formula is C24H32N4O5S2. The van der Waals surface area contributed by atoms with Gasteiger partial charge in [-0.1, -0.05) is 44.5 Å². The number of unbranched alkanes of at least 4 members (excludes halogenated alkanes) is 1. The number of imidazole rings is 1. The molecule has 1 amide bonds. The first kappa shape index (κ1) is 26.8. The molecule has 0 spiro atoms. The number of amides is 1. The highest BCUT2D eigenvalue weighted by Gasteiger charge is 2.27. The molecular weight excluding hydrogens is 488 g/mol. The summed E-state index contributed by atoms with van der Waals surface area (Å²) in [5.41, 5.74) is 0.801. The Morgan fingerprint density at radius 1 is 1.20 bits per heavy atom. The van der Waals surface area contributed by atoms with Crippen molar-refractivity contribution in [2.75, 3.05) is 6.61 Å². The lowest BCUT2D eigenvalue weighted by molar-refractivity contribution is 0.0652. The molecule has 2 aromatic heterocycles. The number of thiazole rings is 1. The molecule has 2 heterocycles. The summed E-state index contributed by atoms with van der Waals surface area (Å²) in [5.74, 6) is 0.551. The number of nitrogens with zero attached hydrogens (tertiary/aromatic N) is 3. The molecule has 2 N–H and O–H groups in total. The van der Waals surface area contributed by atoms with E-state index in [9.17, 15) is 18.3 Å². The highest BCUT2D eigenvalue weighted by Crippen LogP contribution is 2.33. The average Bonchev–Trinajstić information content (AvgIpc) is 3.42. The molecule has 0 bridgehead atoms. The van der Waals surface area contributed by atoms with Crippen LogP contribution in [0.3, 0.4) is 0 Å². The summed E-state index contributed by atoms with van der Waals surface area (Å²) in [6.45, 7) is 7.95. The van der Waals surface area contributed by atoms with Crippen LogP contribution in [0.15, 0.2) is 40.9 Å². The van der Waals surface area contributed by atoms with E-state index in [1.54, 1.807) is 38.4 Å². The first-order valence-corrected chi connectivity index (χ1v) is 13.9. The molecule has 0 atom stereocenters. The standard InChI is InChI=1S/C24H32N4O5S2/c1-5-7-15-33-23(29)27-35(31,32)21-20(26-19(34-21)8-6-2)18-11-9-17(10-12-18)16-28-14-13-25-22(28)24(3,4)30/h9-14,30H,5-8,15-16H2,1-4H3,(H,27,29). The summed E-state index contributed by atoms with van der Waals surface area (Å²) in [6.07, 6.45) is 5.38. The Balaban J connectivity index is 1.86. The van der Waals surface area contributed by atoms with Gasteiger partial charge in [0.1, 0.15) is 17.1 Å². The predicted octanol–water partition coefficient (Wildman–Crippen LogP) is 4.45. The number of nitrogens with one attached hydrogen (secondary N) is 1. The molecule has 0 saturated carbocycles. The van der Waals surface area contributed by atoms with Crippen molar-refractivity contribution in [1.82, 2.24) is 19.3 Å². The molecule has 0 aliphatic rings. The molecule has 35 heavy (non-hydrogen) atoms. The lowest BCUT2D eigenvalue weighted by Gasteiger charge is -2.18. The van der Waals surface area contributed by atoms with Gasteiger partial charge in [-0.25, -0.2) is 27.9 Å². The van der Waals surface area contributed by atoms with Crippen molar-refractivity contribution in [2.24, 2.45) is 0 Å². The Morgan fingerprint density at radius 2 is 1.91 bits per heavy atom. The molecule has 9 nitrogen and oxygen atoms in total. The number of sulfonamides is 1. The molecule has 0 fully saturated rings. The van der Waals surface area contributed by atoms with Crippen LogP contribution in [-0.4, -0.2) is 40.8 Å². The van der Waals surface area contributed by atoms with Crippen LogP contribution >= 0.6 is 11.3 Å². The SMILES string of the molecule is CCCCOC(=O)NS(=O)(=O)c1sc(CCC)nc1-c1ccc(Cn2ccnc2C(C)(C)O)cc1. The summed E-state index contributed by atoms with van der Waals surface area (Å²) >= 11 is 1.06. The van der Waals surface area contributed by atoms with Gasteiger partial charge in [0.25, 0.3) is 10.0 Å². The molecule has 0 unspecified atom stereocenters. The molecule has 0 radical (unpaired) electrons. The maximum atomic E-state index is 13.0. The lowest BCUT2D eigenvalue weighted by atomic mass is 10.1. The number of aromatic nitrogens is 3. The van der Waals surface area contributed by atoms with Crippen LogP contribution in [0.5, 0.6) is 0 Å². The summed E-state index contributed by atoms with van der Waals surface area (Å²) in [4.78, 5) is 20.8. The average molecular weight is 521 g/mol. The number of hydrogen-bond acceptors (Lipinski definition) is 8. The van der Waals surface area contributed by atoms with E-state index in [0.717, 1.165) is 29.7 Å². The Bertz CT molecular complexity index is 1240. The van der Waals surface area contributed by atoms with Crippen molar-refractivity contribution in [3.63, 3.8) is 0 Å². The van der Waals surface area contributed by atoms with Crippen LogP contribution in [0.1, 0.15) is 63.4 Å². The third-order valence-electron chi connectivity index (χ3n) is 5.14. The molecule has 3 aromatic rings. The number of benzene rings is 1. The van der Waals surface area contributed by atoms with Gasteiger partial charge in [-0.05, 0) is 38.7 Å². The van der Waals surface area contributed by atoms with Crippen LogP contribution in [-0.2, 0) is 33.3 Å². The third-order valence-corrected chi connectivity index (χ3v) is 8.07. The van der Waals surface area contributed by atoms with E-state index in [1.807, 2.05) is 35.3 Å². The largest absolute Gasteiger partial charge is 0.449 e.